The first-order chi connectivity index (χ1) is 15.6. The summed E-state index contributed by atoms with van der Waals surface area (Å²) in [4.78, 5) is 34.7. The number of nitrogens with zero attached hydrogens (tertiary/aromatic N) is 2. The molecular weight excluding hydrogens is 426 g/mol. The van der Waals surface area contributed by atoms with Gasteiger partial charge in [0.05, 0.1) is 17.7 Å². The molecule has 0 unspecified atom stereocenters. The van der Waals surface area contributed by atoms with E-state index < -0.39 is 0 Å². The van der Waals surface area contributed by atoms with Gasteiger partial charge in [-0.3, -0.25) is 4.79 Å². The van der Waals surface area contributed by atoms with Crippen molar-refractivity contribution in [3.8, 4) is 17.1 Å². The summed E-state index contributed by atoms with van der Waals surface area (Å²) in [6.07, 6.45) is 4.61. The summed E-state index contributed by atoms with van der Waals surface area (Å²) in [5.41, 5.74) is 1.70. The molecule has 1 aliphatic rings. The molecule has 32 heavy (non-hydrogen) atoms. The minimum Gasteiger partial charge on any atom is -0.493 e. The second-order valence-electron chi connectivity index (χ2n) is 7.89. The number of carbonyl (C=O) groups excluding carboxylic acids is 1. The number of urea groups is 1. The van der Waals surface area contributed by atoms with Gasteiger partial charge in [-0.2, -0.15) is 0 Å². The van der Waals surface area contributed by atoms with E-state index >= 15 is 0 Å². The number of hydrogen-bond donors (Lipinski definition) is 3. The summed E-state index contributed by atoms with van der Waals surface area (Å²) >= 11 is 1.36. The van der Waals surface area contributed by atoms with Crippen LogP contribution >= 0.6 is 11.3 Å². The number of anilines is 1. The van der Waals surface area contributed by atoms with Gasteiger partial charge in [0, 0.05) is 18.8 Å². The number of thiophene rings is 1. The Morgan fingerprint density at radius 2 is 2.09 bits per heavy atom. The van der Waals surface area contributed by atoms with Gasteiger partial charge >= 0.3 is 6.03 Å². The smallest absolute Gasteiger partial charge is 0.319 e. The number of likely N-dealkylation sites (tertiary alicyclic amines) is 1. The molecule has 3 aromatic rings. The second-order valence-corrected chi connectivity index (χ2v) is 8.81. The standard InChI is InChI=1S/C23H29N5O3S/c1-2-13-31-19-7-6-16(25-23(30)24-9-12-28-10-4-3-5-11-28)15-17(19)21-26-18-8-14-32-20(18)22(29)27-21/h6-8,14-15H,2-5,9-13H2,1H3,(H2,24,25,30)(H,26,27,29). The fourth-order valence-corrected chi connectivity index (χ4v) is 4.54. The monoisotopic (exact) mass is 455 g/mol. The zero-order chi connectivity index (χ0) is 22.3. The van der Waals surface area contributed by atoms with E-state index in [4.69, 9.17) is 4.74 Å². The summed E-state index contributed by atoms with van der Waals surface area (Å²) in [7, 11) is 0. The van der Waals surface area contributed by atoms with Crippen molar-refractivity contribution in [2.24, 2.45) is 0 Å². The number of benzene rings is 1. The van der Waals surface area contributed by atoms with Gasteiger partial charge in [-0.1, -0.05) is 13.3 Å². The fraction of sp³-hybridized carbons (Fsp3) is 0.435. The Morgan fingerprint density at radius 3 is 2.91 bits per heavy atom. The average molecular weight is 456 g/mol. The maximum Gasteiger partial charge on any atom is 0.319 e. The number of rotatable bonds is 8. The maximum absolute atomic E-state index is 12.5. The normalized spacial score (nSPS) is 14.4. The molecule has 3 N–H and O–H groups in total. The predicted molar refractivity (Wildman–Crippen MR) is 129 cm³/mol. The molecule has 0 radical (unpaired) electrons. The maximum atomic E-state index is 12.5. The Bertz CT molecular complexity index is 1120. The molecule has 1 saturated heterocycles. The highest BCUT2D eigenvalue weighted by Gasteiger charge is 2.15. The molecule has 1 aliphatic heterocycles. The molecule has 1 fully saturated rings. The lowest BCUT2D eigenvalue weighted by Crippen LogP contribution is -2.39. The van der Waals surface area contributed by atoms with Crippen molar-refractivity contribution in [2.75, 3.05) is 38.1 Å². The highest BCUT2D eigenvalue weighted by molar-refractivity contribution is 7.17. The largest absolute Gasteiger partial charge is 0.493 e. The Hall–Kier alpha value is -2.91. The van der Waals surface area contributed by atoms with Gasteiger partial charge in [0.1, 0.15) is 16.3 Å². The van der Waals surface area contributed by atoms with Crippen LogP contribution < -0.4 is 20.9 Å². The van der Waals surface area contributed by atoms with Crippen molar-refractivity contribution in [3.63, 3.8) is 0 Å². The van der Waals surface area contributed by atoms with E-state index in [1.807, 2.05) is 18.4 Å². The fourth-order valence-electron chi connectivity index (χ4n) is 3.82. The van der Waals surface area contributed by atoms with Crippen LogP contribution in [0.2, 0.25) is 0 Å². The van der Waals surface area contributed by atoms with E-state index in [1.54, 1.807) is 18.2 Å². The van der Waals surface area contributed by atoms with Crippen LogP contribution in [0.3, 0.4) is 0 Å². The minimum atomic E-state index is -0.259. The quantitative estimate of drug-likeness (QED) is 0.476. The number of fused-ring (bicyclic) bond motifs is 1. The number of amides is 2. The van der Waals surface area contributed by atoms with Gasteiger partial charge in [0.15, 0.2) is 0 Å². The van der Waals surface area contributed by atoms with Crippen molar-refractivity contribution in [3.05, 3.63) is 40.0 Å². The third-order valence-electron chi connectivity index (χ3n) is 5.43. The van der Waals surface area contributed by atoms with Gasteiger partial charge in [0.25, 0.3) is 5.56 Å². The van der Waals surface area contributed by atoms with Crippen LogP contribution in [0.5, 0.6) is 5.75 Å². The Morgan fingerprint density at radius 1 is 1.25 bits per heavy atom. The topological polar surface area (TPSA) is 99.3 Å². The number of nitrogens with one attached hydrogen (secondary N) is 3. The van der Waals surface area contributed by atoms with Crippen LogP contribution in [-0.4, -0.2) is 53.7 Å². The first-order valence-corrected chi connectivity index (χ1v) is 12.0. The van der Waals surface area contributed by atoms with Crippen molar-refractivity contribution in [1.29, 1.82) is 0 Å². The third-order valence-corrected chi connectivity index (χ3v) is 6.33. The van der Waals surface area contributed by atoms with Gasteiger partial charge in [-0.15, -0.1) is 11.3 Å². The lowest BCUT2D eigenvalue weighted by molar-refractivity contribution is 0.224. The summed E-state index contributed by atoms with van der Waals surface area (Å²) in [6.45, 7) is 6.23. The van der Waals surface area contributed by atoms with Crippen LogP contribution in [-0.2, 0) is 0 Å². The van der Waals surface area contributed by atoms with E-state index in [1.165, 1.54) is 30.6 Å². The van der Waals surface area contributed by atoms with E-state index in [0.717, 1.165) is 26.1 Å². The van der Waals surface area contributed by atoms with E-state index in [0.29, 0.717) is 46.2 Å². The molecule has 3 heterocycles. The van der Waals surface area contributed by atoms with Crippen molar-refractivity contribution >= 4 is 33.3 Å². The van der Waals surface area contributed by atoms with Gasteiger partial charge in [0.2, 0.25) is 0 Å². The Labute approximate surface area is 191 Å². The molecular formula is C23H29N5O3S. The number of aromatic nitrogens is 2. The third kappa shape index (κ3) is 5.46. The molecule has 170 valence electrons. The van der Waals surface area contributed by atoms with E-state index in [2.05, 4.69) is 25.5 Å². The molecule has 9 heteroatoms. The SMILES string of the molecule is CCCOc1ccc(NC(=O)NCCN2CCCCC2)cc1-c1nc2ccsc2c(=O)[nH]1. The highest BCUT2D eigenvalue weighted by atomic mass is 32.1. The van der Waals surface area contributed by atoms with Gasteiger partial charge < -0.3 is 25.3 Å². The van der Waals surface area contributed by atoms with Crippen molar-refractivity contribution in [1.82, 2.24) is 20.2 Å². The number of hydrogen-bond acceptors (Lipinski definition) is 6. The number of H-pyrrole nitrogens is 1. The van der Waals surface area contributed by atoms with E-state index in [-0.39, 0.29) is 11.6 Å². The van der Waals surface area contributed by atoms with Crippen molar-refractivity contribution in [2.45, 2.75) is 32.6 Å². The van der Waals surface area contributed by atoms with Crippen LogP contribution in [0.1, 0.15) is 32.6 Å². The van der Waals surface area contributed by atoms with Crippen LogP contribution in [0.4, 0.5) is 10.5 Å². The number of aromatic amines is 1. The number of piperidine rings is 1. The molecule has 4 rings (SSSR count). The molecule has 1 aromatic carbocycles. The summed E-state index contributed by atoms with van der Waals surface area (Å²) in [5, 5.41) is 7.64. The second kappa shape index (κ2) is 10.6. The average Bonchev–Trinajstić information content (AvgIpc) is 3.28. The molecule has 2 amide bonds. The molecule has 2 aromatic heterocycles. The Balaban J connectivity index is 1.49. The highest BCUT2D eigenvalue weighted by Crippen LogP contribution is 2.31. The molecule has 0 saturated carbocycles. The Kier molecular flexibility index (Phi) is 7.39. The zero-order valence-corrected chi connectivity index (χ0v) is 19.1. The molecule has 0 spiro atoms. The van der Waals surface area contributed by atoms with Gasteiger partial charge in [-0.25, -0.2) is 9.78 Å². The predicted octanol–water partition coefficient (Wildman–Crippen LogP) is 4.05. The zero-order valence-electron chi connectivity index (χ0n) is 18.3. The van der Waals surface area contributed by atoms with Crippen LogP contribution in [0.15, 0.2) is 34.4 Å². The summed E-state index contributed by atoms with van der Waals surface area (Å²) in [6, 6.07) is 6.94. The van der Waals surface area contributed by atoms with Crippen molar-refractivity contribution < 1.29 is 9.53 Å². The molecule has 0 atom stereocenters. The van der Waals surface area contributed by atoms with Gasteiger partial charge in [-0.05, 0) is 62.0 Å². The first-order valence-electron chi connectivity index (χ1n) is 11.2. The molecule has 0 bridgehead atoms. The molecule has 8 nitrogen and oxygen atoms in total. The first kappa shape index (κ1) is 22.3. The number of carbonyl (C=O) groups is 1. The van der Waals surface area contributed by atoms with Crippen LogP contribution in [0, 0.1) is 0 Å². The lowest BCUT2D eigenvalue weighted by Gasteiger charge is -2.26. The molecule has 0 aliphatic carbocycles. The minimum absolute atomic E-state index is 0.185. The van der Waals surface area contributed by atoms with Crippen LogP contribution in [0.25, 0.3) is 21.6 Å². The van der Waals surface area contributed by atoms with E-state index in [9.17, 15) is 9.59 Å². The summed E-state index contributed by atoms with van der Waals surface area (Å²) in [5.74, 6) is 1.03. The lowest BCUT2D eigenvalue weighted by atomic mass is 10.1. The number of ether oxygens (including phenoxy) is 1. The summed E-state index contributed by atoms with van der Waals surface area (Å²) < 4.78 is 6.46.